The first-order valence-corrected chi connectivity index (χ1v) is 7.83. The summed E-state index contributed by atoms with van der Waals surface area (Å²) in [6, 6.07) is 6.19. The first-order chi connectivity index (χ1) is 10.5. The second-order valence-corrected chi connectivity index (χ2v) is 6.21. The van der Waals surface area contributed by atoms with E-state index in [-0.39, 0.29) is 10.7 Å². The number of rotatable bonds is 5. The van der Waals surface area contributed by atoms with Gasteiger partial charge in [0.05, 0.1) is 24.0 Å². The maximum atomic E-state index is 12.4. The molecule has 0 radical (unpaired) electrons. The maximum Gasteiger partial charge on any atom is 0.266 e. The van der Waals surface area contributed by atoms with Crippen molar-refractivity contribution < 1.29 is 19.4 Å². The molecule has 0 spiro atoms. The van der Waals surface area contributed by atoms with Crippen LogP contribution in [0.5, 0.6) is 5.75 Å². The summed E-state index contributed by atoms with van der Waals surface area (Å²) in [4.78, 5) is 25.1. The molecule has 0 N–H and O–H groups in total. The van der Waals surface area contributed by atoms with E-state index in [9.17, 15) is 14.7 Å². The molecule has 0 aromatic heterocycles. The van der Waals surface area contributed by atoms with Gasteiger partial charge in [-0.1, -0.05) is 49.1 Å². The van der Waals surface area contributed by atoms with Crippen LogP contribution in [0.4, 0.5) is 0 Å². The number of ether oxygens (including phenoxy) is 1. The van der Waals surface area contributed by atoms with Crippen LogP contribution in [0.15, 0.2) is 29.2 Å². The molecule has 0 aliphatic carbocycles. The molecular weight excluding hydrogens is 322 g/mol. The van der Waals surface area contributed by atoms with Crippen LogP contribution in [0, 0.1) is 0 Å². The van der Waals surface area contributed by atoms with E-state index in [1.165, 1.54) is 0 Å². The molecule has 2 rings (SSSR count). The van der Waals surface area contributed by atoms with Crippen LogP contribution in [0.3, 0.4) is 0 Å². The van der Waals surface area contributed by atoms with Crippen molar-refractivity contribution >= 4 is 46.3 Å². The van der Waals surface area contributed by atoms with Gasteiger partial charge in [0.15, 0.2) is 0 Å². The molecule has 0 bridgehead atoms. The van der Waals surface area contributed by atoms with Gasteiger partial charge in [-0.3, -0.25) is 9.69 Å². The largest absolute Gasteiger partial charge is 0.548 e. The Labute approximate surface area is 137 Å². The molecule has 1 amide bonds. The summed E-state index contributed by atoms with van der Waals surface area (Å²) in [6.45, 7) is 1.67. The van der Waals surface area contributed by atoms with Crippen LogP contribution in [0.2, 0.25) is 0 Å². The second kappa shape index (κ2) is 6.93. The maximum absolute atomic E-state index is 12.4. The number of carboxylic acid groups (broad SMARTS) is 1. The molecule has 0 unspecified atom stereocenters. The summed E-state index contributed by atoms with van der Waals surface area (Å²) in [5, 5.41) is 11.2. The number of carboxylic acids is 1. The summed E-state index contributed by atoms with van der Waals surface area (Å²) in [5.74, 6) is -1.10. The molecule has 1 aromatic carbocycles. The minimum atomic E-state index is -1.31. The van der Waals surface area contributed by atoms with E-state index in [0.29, 0.717) is 10.7 Å². The van der Waals surface area contributed by atoms with Crippen molar-refractivity contribution in [1.29, 1.82) is 0 Å². The number of hydrogen-bond donors (Lipinski definition) is 0. The number of thioether (sulfide) groups is 1. The van der Waals surface area contributed by atoms with E-state index >= 15 is 0 Å². The van der Waals surface area contributed by atoms with E-state index < -0.39 is 17.9 Å². The Bertz CT molecular complexity index is 657. The molecule has 116 valence electrons. The number of para-hydroxylation sites is 1. The molecule has 1 aromatic rings. The summed E-state index contributed by atoms with van der Waals surface area (Å²) < 4.78 is 5.46. The molecule has 5 nitrogen and oxygen atoms in total. The number of amides is 1. The average molecular weight is 336 g/mol. The number of methoxy groups -OCH3 is 1. The number of carbonyl (C=O) groups is 2. The fraction of sp³-hybridized carbons (Fsp3) is 0.267. The van der Waals surface area contributed by atoms with Gasteiger partial charge in [0.2, 0.25) is 0 Å². The molecule has 1 aliphatic rings. The highest BCUT2D eigenvalue weighted by molar-refractivity contribution is 8.26. The molecule has 1 fully saturated rings. The van der Waals surface area contributed by atoms with Gasteiger partial charge in [0, 0.05) is 5.56 Å². The lowest BCUT2D eigenvalue weighted by Gasteiger charge is -2.26. The van der Waals surface area contributed by atoms with Gasteiger partial charge in [0.25, 0.3) is 5.91 Å². The number of hydrogen-bond acceptors (Lipinski definition) is 6. The lowest BCUT2D eigenvalue weighted by Crippen LogP contribution is -2.49. The number of benzene rings is 1. The molecule has 22 heavy (non-hydrogen) atoms. The fourth-order valence-electron chi connectivity index (χ4n) is 2.13. The van der Waals surface area contributed by atoms with E-state index in [4.69, 9.17) is 17.0 Å². The molecule has 1 atom stereocenters. The zero-order valence-electron chi connectivity index (χ0n) is 12.1. The van der Waals surface area contributed by atoms with Crippen molar-refractivity contribution in [2.24, 2.45) is 0 Å². The van der Waals surface area contributed by atoms with Crippen molar-refractivity contribution in [1.82, 2.24) is 4.90 Å². The fourth-order valence-corrected chi connectivity index (χ4v) is 3.48. The molecule has 0 saturated carbocycles. The standard InChI is InChI=1S/C15H15NO4S2/c1-3-10(14(18)19)16-13(17)12(22-15(16)21)8-9-6-4-5-7-11(9)20-2/h4-8,10H,3H2,1-2H3,(H,18,19)/p-1/b12-8-/t10-/m1/s1. The van der Waals surface area contributed by atoms with Gasteiger partial charge in [-0.2, -0.15) is 0 Å². The summed E-state index contributed by atoms with van der Waals surface area (Å²) >= 11 is 6.22. The number of carbonyl (C=O) groups excluding carboxylic acids is 2. The number of aliphatic carboxylic acids is 1. The van der Waals surface area contributed by atoms with Crippen LogP contribution >= 0.6 is 24.0 Å². The Balaban J connectivity index is 2.35. The highest BCUT2D eigenvalue weighted by Crippen LogP contribution is 2.35. The van der Waals surface area contributed by atoms with Crippen LogP contribution in [0.25, 0.3) is 6.08 Å². The predicted molar refractivity (Wildman–Crippen MR) is 87.1 cm³/mol. The lowest BCUT2D eigenvalue weighted by atomic mass is 10.1. The zero-order valence-corrected chi connectivity index (χ0v) is 13.7. The van der Waals surface area contributed by atoms with E-state index in [1.54, 1.807) is 32.2 Å². The molecule has 1 heterocycles. The monoisotopic (exact) mass is 336 g/mol. The Morgan fingerprint density at radius 1 is 1.50 bits per heavy atom. The van der Waals surface area contributed by atoms with Crippen LogP contribution in [0.1, 0.15) is 18.9 Å². The van der Waals surface area contributed by atoms with Crippen molar-refractivity contribution in [3.05, 3.63) is 34.7 Å². The van der Waals surface area contributed by atoms with Crippen molar-refractivity contribution in [2.75, 3.05) is 7.11 Å². The first-order valence-electron chi connectivity index (χ1n) is 6.60. The Kier molecular flexibility index (Phi) is 5.20. The van der Waals surface area contributed by atoms with Crippen molar-refractivity contribution in [2.45, 2.75) is 19.4 Å². The second-order valence-electron chi connectivity index (χ2n) is 4.54. The van der Waals surface area contributed by atoms with Gasteiger partial charge >= 0.3 is 0 Å². The minimum absolute atomic E-state index is 0.224. The van der Waals surface area contributed by atoms with Crippen molar-refractivity contribution in [3.8, 4) is 5.75 Å². The third kappa shape index (κ3) is 3.15. The van der Waals surface area contributed by atoms with E-state index in [1.807, 2.05) is 12.1 Å². The van der Waals surface area contributed by atoms with Crippen LogP contribution in [-0.2, 0) is 9.59 Å². The number of nitrogens with zero attached hydrogens (tertiary/aromatic N) is 1. The third-order valence-electron chi connectivity index (χ3n) is 3.22. The highest BCUT2D eigenvalue weighted by Gasteiger charge is 2.37. The van der Waals surface area contributed by atoms with E-state index in [2.05, 4.69) is 0 Å². The van der Waals surface area contributed by atoms with Gasteiger partial charge in [-0.05, 0) is 18.6 Å². The lowest BCUT2D eigenvalue weighted by molar-refractivity contribution is -0.310. The van der Waals surface area contributed by atoms with Gasteiger partial charge in [-0.15, -0.1) is 0 Å². The third-order valence-corrected chi connectivity index (χ3v) is 4.55. The quantitative estimate of drug-likeness (QED) is 0.598. The summed E-state index contributed by atoms with van der Waals surface area (Å²) in [7, 11) is 1.54. The molecular formula is C15H14NO4S2-. The normalized spacial score (nSPS) is 17.9. The van der Waals surface area contributed by atoms with Gasteiger partial charge < -0.3 is 14.6 Å². The van der Waals surface area contributed by atoms with Gasteiger partial charge in [0.1, 0.15) is 10.1 Å². The Hall–Kier alpha value is -1.86. The predicted octanol–water partition coefficient (Wildman–Crippen LogP) is 1.42. The molecule has 1 saturated heterocycles. The average Bonchev–Trinajstić information content (AvgIpc) is 2.76. The summed E-state index contributed by atoms with van der Waals surface area (Å²) in [5.41, 5.74) is 0.729. The SMILES string of the molecule is CC[C@H](C(=O)[O-])N1C(=O)/C(=C/c2ccccc2OC)SC1=S. The van der Waals surface area contributed by atoms with Crippen LogP contribution < -0.4 is 9.84 Å². The summed E-state index contributed by atoms with van der Waals surface area (Å²) in [6.07, 6.45) is 1.89. The minimum Gasteiger partial charge on any atom is -0.548 e. The first kappa shape index (κ1) is 16.5. The Morgan fingerprint density at radius 2 is 2.18 bits per heavy atom. The molecule has 1 aliphatic heterocycles. The zero-order chi connectivity index (χ0) is 16.3. The van der Waals surface area contributed by atoms with Crippen molar-refractivity contribution in [3.63, 3.8) is 0 Å². The Morgan fingerprint density at radius 3 is 2.77 bits per heavy atom. The highest BCUT2D eigenvalue weighted by atomic mass is 32.2. The van der Waals surface area contributed by atoms with E-state index in [0.717, 1.165) is 22.2 Å². The topological polar surface area (TPSA) is 69.7 Å². The number of thiocarbonyl (C=S) groups is 1. The van der Waals surface area contributed by atoms with Crippen LogP contribution in [-0.4, -0.2) is 34.2 Å². The smallest absolute Gasteiger partial charge is 0.266 e. The molecule has 7 heteroatoms. The van der Waals surface area contributed by atoms with Gasteiger partial charge in [-0.25, -0.2) is 0 Å².